The lowest BCUT2D eigenvalue weighted by atomic mass is 9.97. The zero-order valence-corrected chi connectivity index (χ0v) is 15.9. The highest BCUT2D eigenvalue weighted by Gasteiger charge is 2.23. The van der Waals surface area contributed by atoms with Crippen LogP contribution in [-0.4, -0.2) is 21.1 Å². The van der Waals surface area contributed by atoms with Crippen LogP contribution in [0.1, 0.15) is 30.2 Å². The lowest BCUT2D eigenvalue weighted by Crippen LogP contribution is -2.23. The number of nitrogens with zero attached hydrogens (tertiary/aromatic N) is 2. The number of para-hydroxylation sites is 1. The van der Waals surface area contributed by atoms with Gasteiger partial charge in [-0.1, -0.05) is 23.9 Å². The summed E-state index contributed by atoms with van der Waals surface area (Å²) in [7, 11) is 0. The van der Waals surface area contributed by atoms with Crippen LogP contribution in [0.4, 0.5) is 10.1 Å². The van der Waals surface area contributed by atoms with Crippen molar-refractivity contribution in [2.45, 2.75) is 42.9 Å². The molecule has 1 atom stereocenters. The number of halogens is 1. The van der Waals surface area contributed by atoms with Crippen LogP contribution in [0.25, 0.3) is 10.2 Å². The zero-order valence-electron chi connectivity index (χ0n) is 14.3. The van der Waals surface area contributed by atoms with Gasteiger partial charge in [-0.15, -0.1) is 11.3 Å². The van der Waals surface area contributed by atoms with Crippen molar-refractivity contribution in [1.29, 1.82) is 0 Å². The molecule has 7 heteroatoms. The van der Waals surface area contributed by atoms with E-state index in [0.717, 1.165) is 28.1 Å². The Bertz CT molecular complexity index is 973. The molecule has 0 bridgehead atoms. The van der Waals surface area contributed by atoms with E-state index >= 15 is 0 Å². The summed E-state index contributed by atoms with van der Waals surface area (Å²) in [4.78, 5) is 23.8. The van der Waals surface area contributed by atoms with Gasteiger partial charge in [0.1, 0.15) is 22.0 Å². The Morgan fingerprint density at radius 3 is 2.92 bits per heavy atom. The molecule has 1 aliphatic rings. The summed E-state index contributed by atoms with van der Waals surface area (Å²) in [6.07, 6.45) is 6.11. The van der Waals surface area contributed by atoms with Crippen LogP contribution in [-0.2, 0) is 17.6 Å². The van der Waals surface area contributed by atoms with E-state index in [1.165, 1.54) is 41.1 Å². The largest absolute Gasteiger partial charge is 0.323 e. The molecular weight excluding hydrogens is 369 g/mol. The number of rotatable bonds is 4. The lowest BCUT2D eigenvalue weighted by molar-refractivity contribution is -0.115. The molecule has 2 heterocycles. The quantitative estimate of drug-likeness (QED) is 0.515. The number of nitrogens with one attached hydrogen (secondary N) is 1. The van der Waals surface area contributed by atoms with Crippen LogP contribution in [0.3, 0.4) is 0 Å². The van der Waals surface area contributed by atoms with Gasteiger partial charge < -0.3 is 5.32 Å². The van der Waals surface area contributed by atoms with Crippen molar-refractivity contribution in [2.24, 2.45) is 0 Å². The van der Waals surface area contributed by atoms with E-state index in [-0.39, 0.29) is 11.6 Å². The molecule has 0 spiro atoms. The summed E-state index contributed by atoms with van der Waals surface area (Å²) in [5.74, 6) is -0.676. The summed E-state index contributed by atoms with van der Waals surface area (Å²) in [6.45, 7) is 1.81. The second-order valence-corrected chi connectivity index (χ2v) is 8.71. The Labute approximate surface area is 159 Å². The van der Waals surface area contributed by atoms with E-state index in [1.54, 1.807) is 35.9 Å². The summed E-state index contributed by atoms with van der Waals surface area (Å²) in [5.41, 5.74) is 1.55. The van der Waals surface area contributed by atoms with E-state index in [1.807, 2.05) is 6.92 Å². The first kappa shape index (κ1) is 17.4. The molecule has 0 saturated heterocycles. The minimum atomic E-state index is -0.436. The van der Waals surface area contributed by atoms with Crippen molar-refractivity contribution >= 4 is 44.9 Å². The fourth-order valence-electron chi connectivity index (χ4n) is 3.17. The van der Waals surface area contributed by atoms with Crippen molar-refractivity contribution in [3.05, 3.63) is 46.9 Å². The van der Waals surface area contributed by atoms with Gasteiger partial charge in [0.25, 0.3) is 0 Å². The highest BCUT2D eigenvalue weighted by atomic mass is 32.2. The number of thiophene rings is 1. The first-order chi connectivity index (χ1) is 12.6. The average Bonchev–Trinajstić information content (AvgIpc) is 3.03. The van der Waals surface area contributed by atoms with E-state index in [4.69, 9.17) is 0 Å². The molecule has 0 saturated carbocycles. The number of hydrogen-bond donors (Lipinski definition) is 1. The lowest BCUT2D eigenvalue weighted by Gasteiger charge is -2.14. The third-order valence-corrected chi connectivity index (χ3v) is 6.81. The van der Waals surface area contributed by atoms with Gasteiger partial charge in [0.2, 0.25) is 5.91 Å². The topological polar surface area (TPSA) is 54.9 Å². The standard InChI is InChI=1S/C19H18FN3OS2/c1-11(17(24)23-14-8-4-3-7-13(14)20)25-18-16-12-6-2-5-9-15(12)26-19(16)22-10-21-18/h3-4,7-8,10-11H,2,5-6,9H2,1H3,(H,23,24)/t11-/m0/s1. The minimum absolute atomic E-state index is 0.200. The number of hydrogen-bond acceptors (Lipinski definition) is 5. The van der Waals surface area contributed by atoms with E-state index in [2.05, 4.69) is 15.3 Å². The summed E-state index contributed by atoms with van der Waals surface area (Å²) in [6, 6.07) is 6.18. The van der Waals surface area contributed by atoms with Crippen LogP contribution >= 0.6 is 23.1 Å². The highest BCUT2D eigenvalue weighted by molar-refractivity contribution is 8.00. The number of carbonyl (C=O) groups is 1. The third kappa shape index (κ3) is 3.33. The van der Waals surface area contributed by atoms with Crippen molar-refractivity contribution in [2.75, 3.05) is 5.32 Å². The van der Waals surface area contributed by atoms with Crippen LogP contribution < -0.4 is 5.32 Å². The van der Waals surface area contributed by atoms with Crippen LogP contribution in [0, 0.1) is 5.82 Å². The number of fused-ring (bicyclic) bond motifs is 3. The van der Waals surface area contributed by atoms with Crippen molar-refractivity contribution in [1.82, 2.24) is 9.97 Å². The minimum Gasteiger partial charge on any atom is -0.323 e. The predicted molar refractivity (Wildman–Crippen MR) is 104 cm³/mol. The molecule has 134 valence electrons. The Morgan fingerprint density at radius 2 is 2.08 bits per heavy atom. The zero-order chi connectivity index (χ0) is 18.1. The molecule has 26 heavy (non-hydrogen) atoms. The van der Waals surface area contributed by atoms with Gasteiger partial charge in [-0.05, 0) is 50.3 Å². The van der Waals surface area contributed by atoms with Crippen molar-refractivity contribution in [3.63, 3.8) is 0 Å². The molecule has 0 unspecified atom stereocenters. The molecule has 4 nitrogen and oxygen atoms in total. The van der Waals surface area contributed by atoms with Gasteiger partial charge >= 0.3 is 0 Å². The van der Waals surface area contributed by atoms with E-state index in [9.17, 15) is 9.18 Å². The summed E-state index contributed by atoms with van der Waals surface area (Å²) in [5, 5.41) is 4.20. The number of aryl methyl sites for hydroxylation is 2. The Balaban J connectivity index is 1.58. The molecule has 1 N–H and O–H groups in total. The number of carbonyl (C=O) groups excluding carboxylic acids is 1. The average molecular weight is 388 g/mol. The van der Waals surface area contributed by atoms with E-state index in [0.29, 0.717) is 0 Å². The number of aromatic nitrogens is 2. The van der Waals surface area contributed by atoms with E-state index < -0.39 is 11.1 Å². The normalized spacial score (nSPS) is 14.8. The van der Waals surface area contributed by atoms with Crippen LogP contribution in [0.15, 0.2) is 35.6 Å². The highest BCUT2D eigenvalue weighted by Crippen LogP contribution is 2.40. The monoisotopic (exact) mass is 387 g/mol. The van der Waals surface area contributed by atoms with Gasteiger partial charge in [-0.3, -0.25) is 4.79 Å². The predicted octanol–water partition coefficient (Wildman–Crippen LogP) is 4.83. The van der Waals surface area contributed by atoms with Gasteiger partial charge in [0.15, 0.2) is 0 Å². The van der Waals surface area contributed by atoms with Gasteiger partial charge in [0.05, 0.1) is 10.9 Å². The molecule has 1 aromatic carbocycles. The fourth-order valence-corrected chi connectivity index (χ4v) is 5.41. The summed E-state index contributed by atoms with van der Waals surface area (Å²) >= 11 is 3.14. The SMILES string of the molecule is C[C@H](Sc1ncnc2sc3c(c12)CCCC3)C(=O)Nc1ccccc1F. The first-order valence-corrected chi connectivity index (χ1v) is 10.3. The maximum Gasteiger partial charge on any atom is 0.237 e. The molecule has 1 aliphatic carbocycles. The van der Waals surface area contributed by atoms with Crippen LogP contribution in [0.2, 0.25) is 0 Å². The fraction of sp³-hybridized carbons (Fsp3) is 0.316. The van der Waals surface area contributed by atoms with Crippen molar-refractivity contribution < 1.29 is 9.18 Å². The van der Waals surface area contributed by atoms with Crippen LogP contribution in [0.5, 0.6) is 0 Å². The Hall–Kier alpha value is -1.99. The Morgan fingerprint density at radius 1 is 1.27 bits per heavy atom. The van der Waals surface area contributed by atoms with Gasteiger partial charge in [-0.2, -0.15) is 0 Å². The molecular formula is C19H18FN3OS2. The number of anilines is 1. The van der Waals surface area contributed by atoms with Gasteiger partial charge in [0, 0.05) is 10.3 Å². The second-order valence-electron chi connectivity index (χ2n) is 6.30. The number of benzene rings is 1. The molecule has 0 fully saturated rings. The van der Waals surface area contributed by atoms with Gasteiger partial charge in [-0.25, -0.2) is 14.4 Å². The number of amides is 1. The summed E-state index contributed by atoms with van der Waals surface area (Å²) < 4.78 is 13.8. The first-order valence-electron chi connectivity index (χ1n) is 8.61. The van der Waals surface area contributed by atoms with Crippen molar-refractivity contribution in [3.8, 4) is 0 Å². The smallest absolute Gasteiger partial charge is 0.237 e. The maximum atomic E-state index is 13.8. The molecule has 0 radical (unpaired) electrons. The molecule has 4 rings (SSSR count). The maximum absolute atomic E-state index is 13.8. The molecule has 2 aromatic heterocycles. The molecule has 1 amide bonds. The molecule has 0 aliphatic heterocycles. The third-order valence-electron chi connectivity index (χ3n) is 4.51. The Kier molecular flexibility index (Phi) is 4.91. The number of thioether (sulfide) groups is 1. The second kappa shape index (κ2) is 7.32. The molecule has 3 aromatic rings.